The van der Waals surface area contributed by atoms with Gasteiger partial charge >= 0.3 is 0 Å². The molecule has 1 aliphatic heterocycles. The summed E-state index contributed by atoms with van der Waals surface area (Å²) in [4.78, 5) is 2.63. The van der Waals surface area contributed by atoms with E-state index in [0.717, 1.165) is 18.9 Å². The van der Waals surface area contributed by atoms with Gasteiger partial charge in [-0.25, -0.2) is 0 Å². The molecule has 0 amide bonds. The SMILES string of the molecule is CCCC1CCCN(CCC(N)c2ccc(C)cc2)CC1. The lowest BCUT2D eigenvalue weighted by atomic mass is 9.96. The molecule has 21 heavy (non-hydrogen) atoms. The summed E-state index contributed by atoms with van der Waals surface area (Å²) in [6, 6.07) is 8.87. The minimum atomic E-state index is 0.181. The third-order valence-electron chi connectivity index (χ3n) is 4.90. The van der Waals surface area contributed by atoms with Crippen LogP contribution in [0.3, 0.4) is 0 Å². The Balaban J connectivity index is 1.76. The minimum Gasteiger partial charge on any atom is -0.324 e. The van der Waals surface area contributed by atoms with E-state index in [1.165, 1.54) is 56.3 Å². The molecule has 1 aromatic rings. The summed E-state index contributed by atoms with van der Waals surface area (Å²) in [5, 5.41) is 0. The summed E-state index contributed by atoms with van der Waals surface area (Å²) in [5.74, 6) is 0.964. The first-order valence-electron chi connectivity index (χ1n) is 8.73. The number of rotatable bonds is 6. The standard InChI is InChI=1S/C19H32N2/c1-3-5-17-6-4-13-21(14-11-17)15-12-19(20)18-9-7-16(2)8-10-18/h7-10,17,19H,3-6,11-15,20H2,1-2H3. The lowest BCUT2D eigenvalue weighted by Gasteiger charge is -2.22. The molecule has 2 heteroatoms. The molecule has 1 aromatic carbocycles. The largest absolute Gasteiger partial charge is 0.324 e. The third kappa shape index (κ3) is 5.44. The summed E-state index contributed by atoms with van der Waals surface area (Å²) in [6.45, 7) is 8.11. The van der Waals surface area contributed by atoms with E-state index < -0.39 is 0 Å². The second-order valence-electron chi connectivity index (χ2n) is 6.73. The Morgan fingerprint density at radius 2 is 1.95 bits per heavy atom. The summed E-state index contributed by atoms with van der Waals surface area (Å²) < 4.78 is 0. The van der Waals surface area contributed by atoms with Crippen LogP contribution in [0.1, 0.15) is 62.6 Å². The van der Waals surface area contributed by atoms with Crippen LogP contribution in [-0.4, -0.2) is 24.5 Å². The number of benzene rings is 1. The Hall–Kier alpha value is -0.860. The Labute approximate surface area is 130 Å². The van der Waals surface area contributed by atoms with Crippen molar-refractivity contribution in [2.75, 3.05) is 19.6 Å². The van der Waals surface area contributed by atoms with Crippen LogP contribution in [0.25, 0.3) is 0 Å². The molecule has 2 N–H and O–H groups in total. The smallest absolute Gasteiger partial charge is 0.0307 e. The summed E-state index contributed by atoms with van der Waals surface area (Å²) >= 11 is 0. The van der Waals surface area contributed by atoms with Crippen molar-refractivity contribution in [1.82, 2.24) is 4.90 Å². The highest BCUT2D eigenvalue weighted by Gasteiger charge is 2.17. The fourth-order valence-corrected chi connectivity index (χ4v) is 3.45. The fourth-order valence-electron chi connectivity index (χ4n) is 3.45. The van der Waals surface area contributed by atoms with Gasteiger partial charge in [0.05, 0.1) is 0 Å². The van der Waals surface area contributed by atoms with E-state index in [0.29, 0.717) is 0 Å². The van der Waals surface area contributed by atoms with Gasteiger partial charge < -0.3 is 10.6 Å². The fraction of sp³-hybridized carbons (Fsp3) is 0.684. The molecule has 2 unspecified atom stereocenters. The van der Waals surface area contributed by atoms with Gasteiger partial charge in [-0.2, -0.15) is 0 Å². The van der Waals surface area contributed by atoms with E-state index in [9.17, 15) is 0 Å². The third-order valence-corrected chi connectivity index (χ3v) is 4.90. The van der Waals surface area contributed by atoms with Crippen molar-refractivity contribution in [2.45, 2.75) is 58.4 Å². The molecule has 0 bridgehead atoms. The van der Waals surface area contributed by atoms with E-state index in [4.69, 9.17) is 5.73 Å². The lowest BCUT2D eigenvalue weighted by Crippen LogP contribution is -2.28. The monoisotopic (exact) mass is 288 g/mol. The first kappa shape index (κ1) is 16.5. The van der Waals surface area contributed by atoms with Gasteiger partial charge in [0, 0.05) is 6.04 Å². The van der Waals surface area contributed by atoms with Crippen molar-refractivity contribution in [3.63, 3.8) is 0 Å². The van der Waals surface area contributed by atoms with Crippen LogP contribution in [0.15, 0.2) is 24.3 Å². The minimum absolute atomic E-state index is 0.181. The zero-order valence-corrected chi connectivity index (χ0v) is 13.9. The van der Waals surface area contributed by atoms with Crippen molar-refractivity contribution in [2.24, 2.45) is 11.7 Å². The highest BCUT2D eigenvalue weighted by Crippen LogP contribution is 2.23. The zero-order valence-electron chi connectivity index (χ0n) is 13.9. The van der Waals surface area contributed by atoms with E-state index in [1.54, 1.807) is 0 Å². The predicted molar refractivity (Wildman–Crippen MR) is 91.4 cm³/mol. The van der Waals surface area contributed by atoms with Gasteiger partial charge in [-0.1, -0.05) is 49.6 Å². The average molecular weight is 288 g/mol. The van der Waals surface area contributed by atoms with Crippen LogP contribution >= 0.6 is 0 Å². The van der Waals surface area contributed by atoms with Crippen molar-refractivity contribution < 1.29 is 0 Å². The maximum atomic E-state index is 6.35. The average Bonchev–Trinajstić information content (AvgIpc) is 2.71. The van der Waals surface area contributed by atoms with Gasteiger partial charge in [0.25, 0.3) is 0 Å². The summed E-state index contributed by atoms with van der Waals surface area (Å²) in [6.07, 6.45) is 7.99. The first-order valence-corrected chi connectivity index (χ1v) is 8.73. The van der Waals surface area contributed by atoms with Crippen LogP contribution in [0.5, 0.6) is 0 Å². The van der Waals surface area contributed by atoms with Gasteiger partial charge in [-0.05, 0) is 63.7 Å². The number of aryl methyl sites for hydroxylation is 1. The Morgan fingerprint density at radius 1 is 1.19 bits per heavy atom. The molecular formula is C19H32N2. The van der Waals surface area contributed by atoms with Gasteiger partial charge in [-0.3, -0.25) is 0 Å². The highest BCUT2D eigenvalue weighted by atomic mass is 15.1. The molecule has 1 fully saturated rings. The van der Waals surface area contributed by atoms with Crippen LogP contribution in [-0.2, 0) is 0 Å². The highest BCUT2D eigenvalue weighted by molar-refractivity contribution is 5.23. The van der Waals surface area contributed by atoms with Gasteiger partial charge in [0.15, 0.2) is 0 Å². The Kier molecular flexibility index (Phi) is 6.72. The molecule has 1 saturated heterocycles. The molecule has 0 radical (unpaired) electrons. The Bertz CT molecular complexity index is 399. The van der Waals surface area contributed by atoms with Crippen molar-refractivity contribution >= 4 is 0 Å². The molecule has 1 heterocycles. The molecule has 2 nitrogen and oxygen atoms in total. The van der Waals surface area contributed by atoms with E-state index >= 15 is 0 Å². The summed E-state index contributed by atoms with van der Waals surface area (Å²) in [5.41, 5.74) is 8.93. The molecule has 0 saturated carbocycles. The summed E-state index contributed by atoms with van der Waals surface area (Å²) in [7, 11) is 0. The number of hydrogen-bond acceptors (Lipinski definition) is 2. The predicted octanol–water partition coefficient (Wildman–Crippen LogP) is 4.29. The van der Waals surface area contributed by atoms with Crippen LogP contribution in [0.2, 0.25) is 0 Å². The van der Waals surface area contributed by atoms with Crippen molar-refractivity contribution in [1.29, 1.82) is 0 Å². The zero-order chi connectivity index (χ0) is 15.1. The van der Waals surface area contributed by atoms with Crippen LogP contribution in [0.4, 0.5) is 0 Å². The van der Waals surface area contributed by atoms with E-state index in [1.807, 2.05) is 0 Å². The van der Waals surface area contributed by atoms with Crippen molar-refractivity contribution in [3.8, 4) is 0 Å². The molecule has 0 spiro atoms. The van der Waals surface area contributed by atoms with Crippen LogP contribution < -0.4 is 5.73 Å². The number of hydrogen-bond donors (Lipinski definition) is 1. The van der Waals surface area contributed by atoms with Gasteiger partial charge in [0.2, 0.25) is 0 Å². The molecule has 118 valence electrons. The molecule has 2 atom stereocenters. The normalized spacial score (nSPS) is 22.0. The van der Waals surface area contributed by atoms with Gasteiger partial charge in [0.1, 0.15) is 0 Å². The Morgan fingerprint density at radius 3 is 2.67 bits per heavy atom. The number of nitrogens with zero attached hydrogens (tertiary/aromatic N) is 1. The maximum absolute atomic E-state index is 6.35. The number of nitrogens with two attached hydrogens (primary N) is 1. The number of likely N-dealkylation sites (tertiary alicyclic amines) is 1. The first-order chi connectivity index (χ1) is 10.2. The molecule has 1 aliphatic rings. The quantitative estimate of drug-likeness (QED) is 0.846. The second kappa shape index (κ2) is 8.55. The molecule has 2 rings (SSSR count). The molecular weight excluding hydrogens is 256 g/mol. The van der Waals surface area contributed by atoms with Crippen LogP contribution in [0, 0.1) is 12.8 Å². The maximum Gasteiger partial charge on any atom is 0.0307 e. The topological polar surface area (TPSA) is 29.3 Å². The van der Waals surface area contributed by atoms with E-state index in [-0.39, 0.29) is 6.04 Å². The molecule has 0 aliphatic carbocycles. The van der Waals surface area contributed by atoms with Crippen molar-refractivity contribution in [3.05, 3.63) is 35.4 Å². The lowest BCUT2D eigenvalue weighted by molar-refractivity contribution is 0.268. The second-order valence-corrected chi connectivity index (χ2v) is 6.73. The molecule has 0 aromatic heterocycles. The van der Waals surface area contributed by atoms with E-state index in [2.05, 4.69) is 43.0 Å². The van der Waals surface area contributed by atoms with Gasteiger partial charge in [-0.15, -0.1) is 0 Å².